The van der Waals surface area contributed by atoms with E-state index in [0.29, 0.717) is 5.95 Å². The topological polar surface area (TPSA) is 37.8 Å². The molecule has 2 rings (SSSR count). The van der Waals surface area contributed by atoms with E-state index in [0.717, 1.165) is 11.3 Å². The predicted octanol–water partition coefficient (Wildman–Crippen LogP) is 2.19. The Labute approximate surface area is 82.8 Å². The molecule has 14 heavy (non-hydrogen) atoms. The second-order valence-electron chi connectivity index (χ2n) is 2.88. The van der Waals surface area contributed by atoms with Crippen LogP contribution in [0.25, 0.3) is 11.3 Å². The standard InChI is InChI=1S/C11H11N3/c1-12-11-13-8-7-10(14-11)9-5-3-2-4-6-9/h2-8H,1H3,(H,12,13,14). The van der Waals surface area contributed by atoms with Crippen LogP contribution in [0.2, 0.25) is 0 Å². The van der Waals surface area contributed by atoms with Crippen molar-refractivity contribution in [3.63, 3.8) is 0 Å². The molecule has 0 aliphatic heterocycles. The van der Waals surface area contributed by atoms with E-state index in [4.69, 9.17) is 0 Å². The summed E-state index contributed by atoms with van der Waals surface area (Å²) in [6, 6.07) is 11.9. The number of nitrogens with one attached hydrogen (secondary N) is 1. The summed E-state index contributed by atoms with van der Waals surface area (Å²) >= 11 is 0. The van der Waals surface area contributed by atoms with Crippen LogP contribution < -0.4 is 5.32 Å². The number of nitrogens with zero attached hydrogens (tertiary/aromatic N) is 2. The molecule has 0 radical (unpaired) electrons. The highest BCUT2D eigenvalue weighted by molar-refractivity contribution is 5.59. The van der Waals surface area contributed by atoms with E-state index in [-0.39, 0.29) is 0 Å². The van der Waals surface area contributed by atoms with Gasteiger partial charge in [0.05, 0.1) is 5.69 Å². The van der Waals surface area contributed by atoms with Crippen LogP contribution in [0.3, 0.4) is 0 Å². The Morgan fingerprint density at radius 3 is 2.57 bits per heavy atom. The van der Waals surface area contributed by atoms with Crippen LogP contribution in [0.4, 0.5) is 5.95 Å². The highest BCUT2D eigenvalue weighted by Gasteiger charge is 1.98. The fourth-order valence-corrected chi connectivity index (χ4v) is 1.25. The van der Waals surface area contributed by atoms with Crippen LogP contribution in [-0.4, -0.2) is 17.0 Å². The van der Waals surface area contributed by atoms with Gasteiger partial charge in [0.1, 0.15) is 0 Å². The smallest absolute Gasteiger partial charge is 0.222 e. The van der Waals surface area contributed by atoms with E-state index in [2.05, 4.69) is 15.3 Å². The lowest BCUT2D eigenvalue weighted by molar-refractivity contribution is 1.15. The summed E-state index contributed by atoms with van der Waals surface area (Å²) < 4.78 is 0. The molecule has 1 N–H and O–H groups in total. The van der Waals surface area contributed by atoms with Crippen molar-refractivity contribution in [2.24, 2.45) is 0 Å². The minimum absolute atomic E-state index is 0.645. The summed E-state index contributed by atoms with van der Waals surface area (Å²) in [6.07, 6.45) is 1.75. The number of aromatic nitrogens is 2. The molecule has 0 atom stereocenters. The first-order valence-corrected chi connectivity index (χ1v) is 4.46. The monoisotopic (exact) mass is 185 g/mol. The van der Waals surface area contributed by atoms with Crippen molar-refractivity contribution in [3.8, 4) is 11.3 Å². The van der Waals surface area contributed by atoms with Crippen LogP contribution >= 0.6 is 0 Å². The van der Waals surface area contributed by atoms with Crippen molar-refractivity contribution >= 4 is 5.95 Å². The maximum atomic E-state index is 4.34. The lowest BCUT2D eigenvalue weighted by atomic mass is 10.1. The first-order chi connectivity index (χ1) is 6.90. The Hall–Kier alpha value is -1.90. The molecule has 1 aromatic heterocycles. The minimum atomic E-state index is 0.645. The summed E-state index contributed by atoms with van der Waals surface area (Å²) in [4.78, 5) is 8.40. The Balaban J connectivity index is 2.42. The van der Waals surface area contributed by atoms with Crippen LogP contribution in [-0.2, 0) is 0 Å². The Morgan fingerprint density at radius 2 is 1.86 bits per heavy atom. The number of benzene rings is 1. The van der Waals surface area contributed by atoms with Gasteiger partial charge in [0.15, 0.2) is 0 Å². The molecular weight excluding hydrogens is 174 g/mol. The van der Waals surface area contributed by atoms with E-state index < -0.39 is 0 Å². The van der Waals surface area contributed by atoms with Crippen molar-refractivity contribution in [2.75, 3.05) is 12.4 Å². The quantitative estimate of drug-likeness (QED) is 0.779. The summed E-state index contributed by atoms with van der Waals surface area (Å²) in [5.41, 5.74) is 2.04. The molecule has 2 aromatic rings. The van der Waals surface area contributed by atoms with Crippen LogP contribution in [0, 0.1) is 0 Å². The zero-order valence-corrected chi connectivity index (χ0v) is 7.94. The van der Waals surface area contributed by atoms with E-state index in [9.17, 15) is 0 Å². The number of hydrogen-bond donors (Lipinski definition) is 1. The molecule has 70 valence electrons. The van der Waals surface area contributed by atoms with Gasteiger partial charge in [-0.1, -0.05) is 30.3 Å². The molecule has 0 saturated heterocycles. The lowest BCUT2D eigenvalue weighted by Crippen LogP contribution is -1.96. The van der Waals surface area contributed by atoms with Crippen molar-refractivity contribution in [2.45, 2.75) is 0 Å². The summed E-state index contributed by atoms with van der Waals surface area (Å²) in [7, 11) is 1.81. The predicted molar refractivity (Wildman–Crippen MR) is 57.0 cm³/mol. The highest BCUT2D eigenvalue weighted by atomic mass is 15.1. The van der Waals surface area contributed by atoms with E-state index in [1.54, 1.807) is 6.20 Å². The van der Waals surface area contributed by atoms with Gasteiger partial charge in [0.25, 0.3) is 0 Å². The van der Waals surface area contributed by atoms with Crippen molar-refractivity contribution in [3.05, 3.63) is 42.6 Å². The molecule has 0 unspecified atom stereocenters. The van der Waals surface area contributed by atoms with E-state index >= 15 is 0 Å². The molecular formula is C11H11N3. The third-order valence-corrected chi connectivity index (χ3v) is 1.95. The Bertz CT molecular complexity index is 412. The molecule has 3 heteroatoms. The number of rotatable bonds is 2. The molecule has 0 fully saturated rings. The average molecular weight is 185 g/mol. The van der Waals surface area contributed by atoms with Crippen molar-refractivity contribution in [1.82, 2.24) is 9.97 Å². The van der Waals surface area contributed by atoms with E-state index in [1.807, 2.05) is 43.4 Å². The van der Waals surface area contributed by atoms with Gasteiger partial charge in [-0.05, 0) is 6.07 Å². The molecule has 0 amide bonds. The lowest BCUT2D eigenvalue weighted by Gasteiger charge is -2.02. The second-order valence-corrected chi connectivity index (χ2v) is 2.88. The largest absolute Gasteiger partial charge is 0.357 e. The van der Waals surface area contributed by atoms with Crippen molar-refractivity contribution in [1.29, 1.82) is 0 Å². The van der Waals surface area contributed by atoms with Crippen LogP contribution in [0.15, 0.2) is 42.6 Å². The number of anilines is 1. The molecule has 1 aromatic carbocycles. The maximum absolute atomic E-state index is 4.34. The Morgan fingerprint density at radius 1 is 1.07 bits per heavy atom. The molecule has 0 aliphatic rings. The molecule has 0 spiro atoms. The van der Waals surface area contributed by atoms with Crippen LogP contribution in [0.1, 0.15) is 0 Å². The molecule has 0 bridgehead atoms. The zero-order valence-electron chi connectivity index (χ0n) is 7.94. The van der Waals surface area contributed by atoms with Gasteiger partial charge < -0.3 is 5.32 Å². The van der Waals surface area contributed by atoms with Crippen molar-refractivity contribution < 1.29 is 0 Å². The SMILES string of the molecule is CNc1nccc(-c2ccccc2)n1. The fraction of sp³-hybridized carbons (Fsp3) is 0.0909. The summed E-state index contributed by atoms with van der Waals surface area (Å²) in [6.45, 7) is 0. The zero-order chi connectivity index (χ0) is 9.80. The van der Waals surface area contributed by atoms with E-state index in [1.165, 1.54) is 0 Å². The summed E-state index contributed by atoms with van der Waals surface area (Å²) in [5.74, 6) is 0.645. The number of hydrogen-bond acceptors (Lipinski definition) is 3. The normalized spacial score (nSPS) is 9.79. The molecule has 3 nitrogen and oxygen atoms in total. The van der Waals surface area contributed by atoms with Gasteiger partial charge in [0.2, 0.25) is 5.95 Å². The maximum Gasteiger partial charge on any atom is 0.222 e. The van der Waals surface area contributed by atoms with Gasteiger partial charge in [0, 0.05) is 18.8 Å². The van der Waals surface area contributed by atoms with Gasteiger partial charge in [-0.25, -0.2) is 9.97 Å². The third-order valence-electron chi connectivity index (χ3n) is 1.95. The summed E-state index contributed by atoms with van der Waals surface area (Å²) in [5, 5.41) is 2.91. The van der Waals surface area contributed by atoms with Gasteiger partial charge >= 0.3 is 0 Å². The second kappa shape index (κ2) is 3.87. The van der Waals surface area contributed by atoms with Gasteiger partial charge in [-0.2, -0.15) is 0 Å². The molecule has 0 aliphatic carbocycles. The van der Waals surface area contributed by atoms with Gasteiger partial charge in [-0.15, -0.1) is 0 Å². The molecule has 0 saturated carbocycles. The van der Waals surface area contributed by atoms with Crippen LogP contribution in [0.5, 0.6) is 0 Å². The van der Waals surface area contributed by atoms with Gasteiger partial charge in [-0.3, -0.25) is 0 Å². The minimum Gasteiger partial charge on any atom is -0.357 e. The fourth-order valence-electron chi connectivity index (χ4n) is 1.25. The first kappa shape index (κ1) is 8.69. The average Bonchev–Trinajstić information content (AvgIpc) is 2.30. The Kier molecular flexibility index (Phi) is 2.40. The highest BCUT2D eigenvalue weighted by Crippen LogP contribution is 2.16. The first-order valence-electron chi connectivity index (χ1n) is 4.46. The third kappa shape index (κ3) is 1.71. The molecule has 1 heterocycles.